The van der Waals surface area contributed by atoms with Crippen LogP contribution in [0.5, 0.6) is 0 Å². The highest BCUT2D eigenvalue weighted by Gasteiger charge is 2.21. The third kappa shape index (κ3) is 2.75. The van der Waals surface area contributed by atoms with Crippen molar-refractivity contribution in [3.05, 3.63) is 70.3 Å². The minimum atomic E-state index is 0.114. The van der Waals surface area contributed by atoms with Crippen molar-refractivity contribution in [2.24, 2.45) is 0 Å². The van der Waals surface area contributed by atoms with Gasteiger partial charge in [-0.15, -0.1) is 0 Å². The summed E-state index contributed by atoms with van der Waals surface area (Å²) >= 11 is 0. The molecule has 0 spiro atoms. The molecule has 0 saturated heterocycles. The van der Waals surface area contributed by atoms with Crippen LogP contribution in [0, 0.1) is 0 Å². The van der Waals surface area contributed by atoms with Crippen LogP contribution in [0.25, 0.3) is 6.08 Å². The number of anilines is 1. The number of carbonyl (C=O) groups excluding carboxylic acids is 1. The van der Waals surface area contributed by atoms with Gasteiger partial charge < -0.3 is 5.73 Å². The number of aryl methyl sites for hydroxylation is 2. The van der Waals surface area contributed by atoms with Crippen LogP contribution >= 0.6 is 0 Å². The lowest BCUT2D eigenvalue weighted by molar-refractivity contribution is 0.102. The van der Waals surface area contributed by atoms with Crippen molar-refractivity contribution in [3.8, 4) is 0 Å². The zero-order valence-corrected chi connectivity index (χ0v) is 12.2. The molecule has 0 fully saturated rings. The number of allylic oxidation sites excluding steroid dienone is 1. The number of benzene rings is 2. The Balaban J connectivity index is 1.93. The van der Waals surface area contributed by atoms with E-state index in [0.717, 1.165) is 41.5 Å². The number of carbonyl (C=O) groups is 1. The van der Waals surface area contributed by atoms with Crippen LogP contribution in [0.3, 0.4) is 0 Å². The number of nitrogens with two attached hydrogens (primary N) is 1. The maximum atomic E-state index is 12.6. The van der Waals surface area contributed by atoms with E-state index in [1.807, 2.05) is 18.2 Å². The van der Waals surface area contributed by atoms with E-state index in [0.29, 0.717) is 5.69 Å². The summed E-state index contributed by atoms with van der Waals surface area (Å²) in [6.07, 6.45) is 4.74. The first-order chi connectivity index (χ1) is 10.2. The normalized spacial score (nSPS) is 16.0. The molecule has 0 amide bonds. The summed E-state index contributed by atoms with van der Waals surface area (Å²) in [6, 6.07) is 14.0. The van der Waals surface area contributed by atoms with Gasteiger partial charge in [0, 0.05) is 16.8 Å². The Kier molecular flexibility index (Phi) is 3.61. The quantitative estimate of drug-likeness (QED) is 0.665. The lowest BCUT2D eigenvalue weighted by Crippen LogP contribution is -2.14. The Morgan fingerprint density at radius 1 is 1.10 bits per heavy atom. The van der Waals surface area contributed by atoms with Crippen molar-refractivity contribution in [2.75, 3.05) is 5.73 Å². The minimum Gasteiger partial charge on any atom is -0.399 e. The molecule has 0 aliphatic heterocycles. The molecule has 0 atom stereocenters. The van der Waals surface area contributed by atoms with Crippen LogP contribution < -0.4 is 5.73 Å². The van der Waals surface area contributed by atoms with E-state index in [-0.39, 0.29) is 5.78 Å². The van der Waals surface area contributed by atoms with Crippen molar-refractivity contribution in [1.82, 2.24) is 0 Å². The standard InChI is InChI=1S/C19H19NO/c1-2-13-3-5-14(6-4-13)11-16-8-7-15-9-10-17(20)12-18(15)19(16)21/h3-6,9-12H,2,7-8,20H2,1H3/b16-11+. The van der Waals surface area contributed by atoms with Gasteiger partial charge in [0.2, 0.25) is 0 Å². The van der Waals surface area contributed by atoms with Crippen molar-refractivity contribution in [1.29, 1.82) is 0 Å². The Bertz CT molecular complexity index is 711. The molecule has 1 aliphatic carbocycles. The number of hydrogen-bond donors (Lipinski definition) is 1. The average molecular weight is 277 g/mol. The zero-order chi connectivity index (χ0) is 14.8. The fourth-order valence-corrected chi connectivity index (χ4v) is 2.77. The molecule has 2 aromatic rings. The third-order valence-corrected chi connectivity index (χ3v) is 4.06. The van der Waals surface area contributed by atoms with Gasteiger partial charge in [0.05, 0.1) is 0 Å². The first-order valence-electron chi connectivity index (χ1n) is 7.40. The molecule has 0 heterocycles. The van der Waals surface area contributed by atoms with Crippen LogP contribution in [-0.2, 0) is 12.8 Å². The molecular formula is C19H19NO. The van der Waals surface area contributed by atoms with Gasteiger partial charge in [-0.25, -0.2) is 0 Å². The van der Waals surface area contributed by atoms with Gasteiger partial charge in [-0.3, -0.25) is 4.79 Å². The molecule has 0 unspecified atom stereocenters. The Morgan fingerprint density at radius 2 is 1.86 bits per heavy atom. The van der Waals surface area contributed by atoms with E-state index < -0.39 is 0 Å². The molecule has 1 aliphatic rings. The molecule has 2 N–H and O–H groups in total. The SMILES string of the molecule is CCc1ccc(/C=C2\CCc3ccc(N)cc3C2=O)cc1. The van der Waals surface area contributed by atoms with E-state index in [1.54, 1.807) is 6.07 Å². The fraction of sp³-hybridized carbons (Fsp3) is 0.211. The summed E-state index contributed by atoms with van der Waals surface area (Å²) in [5.41, 5.74) is 11.6. The van der Waals surface area contributed by atoms with Gasteiger partial charge in [-0.05, 0) is 54.2 Å². The number of nitrogen functional groups attached to an aromatic ring is 1. The number of ketones is 1. The summed E-state index contributed by atoms with van der Waals surface area (Å²) in [5.74, 6) is 0.114. The second-order valence-electron chi connectivity index (χ2n) is 5.51. The van der Waals surface area contributed by atoms with Gasteiger partial charge in [0.15, 0.2) is 5.78 Å². The second-order valence-corrected chi connectivity index (χ2v) is 5.51. The summed E-state index contributed by atoms with van der Waals surface area (Å²) in [5, 5.41) is 0. The van der Waals surface area contributed by atoms with E-state index in [2.05, 4.69) is 31.2 Å². The fourth-order valence-electron chi connectivity index (χ4n) is 2.77. The second kappa shape index (κ2) is 5.57. The molecule has 2 aromatic carbocycles. The molecular weight excluding hydrogens is 258 g/mol. The molecule has 0 saturated carbocycles. The first-order valence-corrected chi connectivity index (χ1v) is 7.40. The van der Waals surface area contributed by atoms with Crippen LogP contribution in [-0.4, -0.2) is 5.78 Å². The minimum absolute atomic E-state index is 0.114. The molecule has 0 aromatic heterocycles. The van der Waals surface area contributed by atoms with Crippen molar-refractivity contribution in [2.45, 2.75) is 26.2 Å². The summed E-state index contributed by atoms with van der Waals surface area (Å²) in [6.45, 7) is 2.14. The number of fused-ring (bicyclic) bond motifs is 1. The monoisotopic (exact) mass is 277 g/mol. The lowest BCUT2D eigenvalue weighted by Gasteiger charge is -2.18. The predicted octanol–water partition coefficient (Wildman–Crippen LogP) is 4.04. The Hall–Kier alpha value is -2.35. The van der Waals surface area contributed by atoms with Crippen LogP contribution in [0.15, 0.2) is 48.0 Å². The van der Waals surface area contributed by atoms with E-state index in [1.165, 1.54) is 5.56 Å². The van der Waals surface area contributed by atoms with Crippen molar-refractivity contribution >= 4 is 17.5 Å². The highest BCUT2D eigenvalue weighted by Crippen LogP contribution is 2.28. The highest BCUT2D eigenvalue weighted by atomic mass is 16.1. The molecule has 106 valence electrons. The zero-order valence-electron chi connectivity index (χ0n) is 12.2. The van der Waals surface area contributed by atoms with Gasteiger partial charge >= 0.3 is 0 Å². The largest absolute Gasteiger partial charge is 0.399 e. The molecule has 2 nitrogen and oxygen atoms in total. The molecule has 3 rings (SSSR count). The maximum Gasteiger partial charge on any atom is 0.189 e. The Morgan fingerprint density at radius 3 is 2.57 bits per heavy atom. The topological polar surface area (TPSA) is 43.1 Å². The third-order valence-electron chi connectivity index (χ3n) is 4.06. The van der Waals surface area contributed by atoms with Gasteiger partial charge in [0.25, 0.3) is 0 Å². The van der Waals surface area contributed by atoms with Crippen molar-refractivity contribution < 1.29 is 4.79 Å². The Labute approximate surface area is 125 Å². The smallest absolute Gasteiger partial charge is 0.189 e. The van der Waals surface area contributed by atoms with Gasteiger partial charge in [-0.2, -0.15) is 0 Å². The molecule has 0 radical (unpaired) electrons. The maximum absolute atomic E-state index is 12.6. The summed E-state index contributed by atoms with van der Waals surface area (Å²) in [4.78, 5) is 12.6. The number of hydrogen-bond acceptors (Lipinski definition) is 2. The van der Waals surface area contributed by atoms with E-state index >= 15 is 0 Å². The van der Waals surface area contributed by atoms with Gasteiger partial charge in [-0.1, -0.05) is 37.3 Å². The number of Topliss-reactive ketones (excluding diaryl/α,β-unsaturated/α-hetero) is 1. The average Bonchev–Trinajstić information content (AvgIpc) is 2.51. The van der Waals surface area contributed by atoms with Crippen LogP contribution in [0.2, 0.25) is 0 Å². The van der Waals surface area contributed by atoms with Crippen LogP contribution in [0.4, 0.5) is 5.69 Å². The van der Waals surface area contributed by atoms with Gasteiger partial charge in [0.1, 0.15) is 0 Å². The molecule has 21 heavy (non-hydrogen) atoms. The summed E-state index contributed by atoms with van der Waals surface area (Å²) in [7, 11) is 0. The summed E-state index contributed by atoms with van der Waals surface area (Å²) < 4.78 is 0. The highest BCUT2D eigenvalue weighted by molar-refractivity contribution is 6.13. The number of rotatable bonds is 2. The first kappa shape index (κ1) is 13.6. The van der Waals surface area contributed by atoms with Crippen molar-refractivity contribution in [3.63, 3.8) is 0 Å². The van der Waals surface area contributed by atoms with E-state index in [4.69, 9.17) is 5.73 Å². The van der Waals surface area contributed by atoms with E-state index in [9.17, 15) is 4.79 Å². The molecule has 2 heteroatoms. The lowest BCUT2D eigenvalue weighted by atomic mass is 9.85. The van der Waals surface area contributed by atoms with Crippen LogP contribution in [0.1, 0.15) is 40.4 Å². The predicted molar refractivity (Wildman–Crippen MR) is 87.3 cm³/mol. The molecule has 0 bridgehead atoms.